The van der Waals surface area contributed by atoms with E-state index in [-0.39, 0.29) is 24.0 Å². The zero-order chi connectivity index (χ0) is 25.2. The predicted octanol–water partition coefficient (Wildman–Crippen LogP) is 0.262. The Hall–Kier alpha value is -3.32. The molecule has 1 amide bonds. The molecule has 3 aromatic rings. The Morgan fingerprint density at radius 3 is 2.97 bits per heavy atom. The number of methoxy groups -OCH3 is 1. The van der Waals surface area contributed by atoms with Gasteiger partial charge in [-0.05, 0) is 6.07 Å². The molecule has 3 N–H and O–H groups in total. The number of amides is 1. The van der Waals surface area contributed by atoms with Crippen LogP contribution in [-0.4, -0.2) is 81.4 Å². The van der Waals surface area contributed by atoms with Gasteiger partial charge in [-0.25, -0.2) is 9.97 Å². The number of ether oxygens (including phenoxy) is 2. The number of hydrogen-bond acceptors (Lipinski definition) is 10. The Kier molecular flexibility index (Phi) is 7.01. The number of nitrogens with zero attached hydrogens (tertiary/aromatic N) is 5. The van der Waals surface area contributed by atoms with Crippen molar-refractivity contribution in [3.05, 3.63) is 45.5 Å². The third-order valence-corrected chi connectivity index (χ3v) is 6.65. The largest absolute Gasteiger partial charge is 0.481 e. The van der Waals surface area contributed by atoms with Crippen molar-refractivity contribution in [1.29, 1.82) is 0 Å². The summed E-state index contributed by atoms with van der Waals surface area (Å²) in [4.78, 5) is 39.1. The van der Waals surface area contributed by atoms with Gasteiger partial charge in [-0.3, -0.25) is 19.1 Å². The zero-order valence-corrected chi connectivity index (χ0v) is 20.4. The van der Waals surface area contributed by atoms with E-state index in [9.17, 15) is 14.7 Å². The molecular weight excluding hydrogens is 490 g/mol. The minimum atomic E-state index is -0.513. The number of aliphatic hydroxyl groups is 1. The van der Waals surface area contributed by atoms with E-state index in [4.69, 9.17) is 21.1 Å². The number of carbonyl (C=O) groups is 1. The van der Waals surface area contributed by atoms with Gasteiger partial charge < -0.3 is 25.2 Å². The highest BCUT2D eigenvalue weighted by atomic mass is 35.5. The molecule has 2 atom stereocenters. The van der Waals surface area contributed by atoms with Crippen LogP contribution in [0.25, 0.3) is 11.2 Å². The Labute approximate surface area is 211 Å². The van der Waals surface area contributed by atoms with Crippen molar-refractivity contribution in [2.24, 2.45) is 5.92 Å². The average molecular weight is 516 g/mol. The Morgan fingerprint density at radius 2 is 2.14 bits per heavy atom. The van der Waals surface area contributed by atoms with Crippen LogP contribution in [0.4, 0.5) is 5.82 Å². The van der Waals surface area contributed by atoms with E-state index in [1.807, 2.05) is 0 Å². The number of rotatable bonds is 8. The minimum Gasteiger partial charge on any atom is -0.481 e. The van der Waals surface area contributed by atoms with E-state index in [1.54, 1.807) is 22.8 Å². The molecule has 0 radical (unpaired) electrons. The fraction of sp³-hybridized carbons (Fsp3) is 0.435. The average Bonchev–Trinajstić information content (AvgIpc) is 3.22. The second-order valence-electron chi connectivity index (χ2n) is 8.76. The highest BCUT2D eigenvalue weighted by molar-refractivity contribution is 6.31. The van der Waals surface area contributed by atoms with Crippen molar-refractivity contribution in [2.45, 2.75) is 19.2 Å². The van der Waals surface area contributed by atoms with Crippen LogP contribution in [0.2, 0.25) is 5.02 Å². The van der Waals surface area contributed by atoms with Crippen molar-refractivity contribution >= 4 is 34.5 Å². The lowest BCUT2D eigenvalue weighted by Crippen LogP contribution is -2.32. The summed E-state index contributed by atoms with van der Waals surface area (Å²) in [7, 11) is 1.52. The van der Waals surface area contributed by atoms with E-state index in [0.29, 0.717) is 78.6 Å². The second kappa shape index (κ2) is 10.3. The van der Waals surface area contributed by atoms with Gasteiger partial charge in [-0.1, -0.05) is 11.6 Å². The molecule has 1 fully saturated rings. The van der Waals surface area contributed by atoms with E-state index in [1.165, 1.54) is 13.3 Å². The van der Waals surface area contributed by atoms with E-state index < -0.39 is 6.10 Å². The number of fused-ring (bicyclic) bond motifs is 2. The van der Waals surface area contributed by atoms with Gasteiger partial charge in [-0.2, -0.15) is 4.98 Å². The molecule has 13 heteroatoms. The molecule has 0 spiro atoms. The van der Waals surface area contributed by atoms with Crippen molar-refractivity contribution in [2.75, 3.05) is 45.2 Å². The predicted molar refractivity (Wildman–Crippen MR) is 131 cm³/mol. The number of likely N-dealkylation sites (tertiary alicyclic amines) is 1. The van der Waals surface area contributed by atoms with E-state index >= 15 is 0 Å². The molecule has 190 valence electrons. The zero-order valence-electron chi connectivity index (χ0n) is 19.6. The lowest BCUT2D eigenvalue weighted by Gasteiger charge is -2.19. The molecule has 1 saturated heterocycles. The molecule has 2 aliphatic rings. The SMILES string of the molecule is COc1ccc2ncc(=O)n(CCN3C[C@H](CNCc4nc5c(cc4Cl)OCC(=O)N5)[C@H](O)C3)c2n1. The molecule has 5 heterocycles. The summed E-state index contributed by atoms with van der Waals surface area (Å²) >= 11 is 6.32. The van der Waals surface area contributed by atoms with E-state index in [0.717, 1.165) is 0 Å². The topological polar surface area (TPSA) is 144 Å². The van der Waals surface area contributed by atoms with Crippen LogP contribution in [0, 0.1) is 5.92 Å². The first-order chi connectivity index (χ1) is 17.4. The maximum absolute atomic E-state index is 12.5. The van der Waals surface area contributed by atoms with Gasteiger partial charge in [0, 0.05) is 57.3 Å². The number of aliphatic hydroxyl groups excluding tert-OH is 1. The number of nitrogens with one attached hydrogen (secondary N) is 2. The second-order valence-corrected chi connectivity index (χ2v) is 9.17. The number of halogens is 1. The lowest BCUT2D eigenvalue weighted by molar-refractivity contribution is -0.118. The number of β-amino-alcohol motifs (C(OH)–C–C–N with tert-alkyl or cyclic N) is 1. The third-order valence-electron chi connectivity index (χ3n) is 6.33. The summed E-state index contributed by atoms with van der Waals surface area (Å²) < 4.78 is 12.1. The van der Waals surface area contributed by atoms with Crippen LogP contribution in [0.3, 0.4) is 0 Å². The molecule has 5 rings (SSSR count). The number of anilines is 1. The Morgan fingerprint density at radius 1 is 1.28 bits per heavy atom. The van der Waals surface area contributed by atoms with Crippen molar-refractivity contribution < 1.29 is 19.4 Å². The first kappa shape index (κ1) is 24.4. The fourth-order valence-electron chi connectivity index (χ4n) is 4.44. The standard InChI is InChI=1S/C23H26ClN7O5/c1-35-20-3-2-15-23(29-20)31(21(34)9-26-15)5-4-30-10-13(17(32)11-30)7-25-8-16-14(24)6-18-22(27-16)28-19(33)12-36-18/h2-3,6,9,13,17,25,32H,4-5,7-8,10-12H2,1H3,(H,27,28,33)/t13-,17+/m0/s1. The van der Waals surface area contributed by atoms with Crippen LogP contribution in [0.1, 0.15) is 5.69 Å². The maximum atomic E-state index is 12.5. The highest BCUT2D eigenvalue weighted by Gasteiger charge is 2.31. The number of pyridine rings is 2. The molecule has 0 bridgehead atoms. The summed E-state index contributed by atoms with van der Waals surface area (Å²) in [6.07, 6.45) is 0.778. The molecular formula is C23H26ClN7O5. The summed E-state index contributed by atoms with van der Waals surface area (Å²) in [5, 5.41) is 17.0. The normalized spacial score (nSPS) is 19.7. The van der Waals surface area contributed by atoms with Crippen LogP contribution in [-0.2, 0) is 17.9 Å². The number of carbonyl (C=O) groups excluding carboxylic acids is 1. The monoisotopic (exact) mass is 515 g/mol. The van der Waals surface area contributed by atoms with Gasteiger partial charge in [0.1, 0.15) is 5.52 Å². The quantitative estimate of drug-likeness (QED) is 0.382. The molecule has 12 nitrogen and oxygen atoms in total. The Bertz CT molecular complexity index is 1350. The molecule has 3 aromatic heterocycles. The number of aromatic nitrogens is 4. The first-order valence-electron chi connectivity index (χ1n) is 11.5. The van der Waals surface area contributed by atoms with Gasteiger partial charge in [0.05, 0.1) is 30.1 Å². The third kappa shape index (κ3) is 5.12. The van der Waals surface area contributed by atoms with Crippen LogP contribution >= 0.6 is 11.6 Å². The molecule has 0 unspecified atom stereocenters. The van der Waals surface area contributed by atoms with Gasteiger partial charge in [0.2, 0.25) is 5.88 Å². The van der Waals surface area contributed by atoms with Gasteiger partial charge in [-0.15, -0.1) is 0 Å². The summed E-state index contributed by atoms with van der Waals surface area (Å²) in [5.74, 6) is 0.941. The maximum Gasteiger partial charge on any atom is 0.270 e. The number of hydrogen-bond donors (Lipinski definition) is 3. The highest BCUT2D eigenvalue weighted by Crippen LogP contribution is 2.30. The van der Waals surface area contributed by atoms with Crippen LogP contribution < -0.4 is 25.7 Å². The minimum absolute atomic E-state index is 0.00596. The van der Waals surface area contributed by atoms with Crippen molar-refractivity contribution in [3.8, 4) is 11.6 Å². The van der Waals surface area contributed by atoms with Crippen molar-refractivity contribution in [3.63, 3.8) is 0 Å². The fourth-order valence-corrected chi connectivity index (χ4v) is 4.65. The van der Waals surface area contributed by atoms with Crippen molar-refractivity contribution in [1.82, 2.24) is 29.7 Å². The molecule has 2 aliphatic heterocycles. The lowest BCUT2D eigenvalue weighted by atomic mass is 10.1. The molecule has 0 aromatic carbocycles. The van der Waals surface area contributed by atoms with Gasteiger partial charge >= 0.3 is 0 Å². The summed E-state index contributed by atoms with van der Waals surface area (Å²) in [6.45, 7) is 3.01. The van der Waals surface area contributed by atoms with Crippen LogP contribution in [0.15, 0.2) is 29.2 Å². The first-order valence-corrected chi connectivity index (χ1v) is 11.9. The smallest absolute Gasteiger partial charge is 0.270 e. The summed E-state index contributed by atoms with van der Waals surface area (Å²) in [6, 6.07) is 5.11. The molecule has 0 aliphatic carbocycles. The van der Waals surface area contributed by atoms with Crippen LogP contribution in [0.5, 0.6) is 11.6 Å². The molecule has 0 saturated carbocycles. The van der Waals surface area contributed by atoms with Gasteiger partial charge in [0.25, 0.3) is 11.5 Å². The molecule has 36 heavy (non-hydrogen) atoms. The summed E-state index contributed by atoms with van der Waals surface area (Å²) in [5.41, 5.74) is 1.42. The van der Waals surface area contributed by atoms with Gasteiger partial charge in [0.15, 0.2) is 23.8 Å². The van der Waals surface area contributed by atoms with E-state index in [2.05, 4.69) is 30.5 Å². The Balaban J connectivity index is 1.17.